The van der Waals surface area contributed by atoms with E-state index in [1.807, 2.05) is 24.3 Å². The van der Waals surface area contributed by atoms with E-state index in [0.717, 1.165) is 36.2 Å². The molecule has 0 saturated carbocycles. The summed E-state index contributed by atoms with van der Waals surface area (Å²) in [5.41, 5.74) is 8.78. The average Bonchev–Trinajstić information content (AvgIpc) is 2.75. The molecule has 31 heavy (non-hydrogen) atoms. The number of nitrogens with two attached hydrogens (primary N) is 1. The Morgan fingerprint density at radius 2 is 1.97 bits per heavy atom. The van der Waals surface area contributed by atoms with Gasteiger partial charge in [0.1, 0.15) is 23.0 Å². The van der Waals surface area contributed by atoms with Gasteiger partial charge in [-0.2, -0.15) is 0 Å². The summed E-state index contributed by atoms with van der Waals surface area (Å²) in [5.74, 6) is -1.87. The fourth-order valence-electron chi connectivity index (χ4n) is 3.29. The zero-order valence-corrected chi connectivity index (χ0v) is 17.2. The molecule has 0 spiro atoms. The van der Waals surface area contributed by atoms with Gasteiger partial charge in [0.2, 0.25) is 0 Å². The van der Waals surface area contributed by atoms with E-state index in [2.05, 4.69) is 28.7 Å². The molecule has 7 heteroatoms. The van der Waals surface area contributed by atoms with Gasteiger partial charge in [-0.05, 0) is 54.8 Å². The number of nitrogens with one attached hydrogen (secondary N) is 1. The van der Waals surface area contributed by atoms with Gasteiger partial charge in [0, 0.05) is 19.3 Å². The van der Waals surface area contributed by atoms with Gasteiger partial charge in [-0.25, -0.2) is 13.8 Å². The van der Waals surface area contributed by atoms with E-state index < -0.39 is 23.1 Å². The standard InChI is InChI=1S/C24H24F2N4O/c1-3-4-5-9-21(27)30-13-12-16(2)18(15-30)17-10-11-22(28-14-17)29-24(31)23-19(25)7-6-8-20(23)26/h3-11,14H,1,12-13,15,27H2,2H3,(H,28,29,31)/b5-4-,21-9+. The number of halogens is 2. The molecule has 0 fully saturated rings. The van der Waals surface area contributed by atoms with Crippen LogP contribution in [0.2, 0.25) is 0 Å². The van der Waals surface area contributed by atoms with Crippen molar-refractivity contribution in [1.29, 1.82) is 0 Å². The number of rotatable bonds is 6. The van der Waals surface area contributed by atoms with Crippen LogP contribution in [-0.4, -0.2) is 28.9 Å². The SMILES string of the molecule is C=C/C=C\C=C(/N)N1CCC(C)=C(c2ccc(NC(=O)c3c(F)cccc3F)nc2)C1. The van der Waals surface area contributed by atoms with Gasteiger partial charge in [0.05, 0.1) is 5.82 Å². The number of allylic oxidation sites excluding steroid dienone is 4. The van der Waals surface area contributed by atoms with Crippen molar-refractivity contribution < 1.29 is 13.6 Å². The molecule has 1 aromatic carbocycles. The minimum atomic E-state index is -0.925. The first kappa shape index (κ1) is 22.0. The van der Waals surface area contributed by atoms with Crippen molar-refractivity contribution in [1.82, 2.24) is 9.88 Å². The first-order chi connectivity index (χ1) is 14.9. The van der Waals surface area contributed by atoms with Crippen molar-refractivity contribution in [3.8, 4) is 0 Å². The highest BCUT2D eigenvalue weighted by Gasteiger charge is 2.20. The number of anilines is 1. The first-order valence-corrected chi connectivity index (χ1v) is 9.81. The second-order valence-corrected chi connectivity index (χ2v) is 7.13. The lowest BCUT2D eigenvalue weighted by atomic mass is 9.96. The Kier molecular flexibility index (Phi) is 6.97. The molecular weight excluding hydrogens is 398 g/mol. The molecule has 2 aromatic rings. The van der Waals surface area contributed by atoms with E-state index in [0.29, 0.717) is 12.4 Å². The van der Waals surface area contributed by atoms with Crippen LogP contribution in [0.3, 0.4) is 0 Å². The van der Waals surface area contributed by atoms with E-state index in [1.54, 1.807) is 18.3 Å². The molecule has 0 unspecified atom stereocenters. The van der Waals surface area contributed by atoms with Crippen LogP contribution in [0.15, 0.2) is 78.8 Å². The molecule has 0 atom stereocenters. The molecule has 2 heterocycles. The molecule has 5 nitrogen and oxygen atoms in total. The molecule has 0 aliphatic carbocycles. The Bertz CT molecular complexity index is 1050. The van der Waals surface area contributed by atoms with Gasteiger partial charge < -0.3 is 16.0 Å². The number of carbonyl (C=O) groups excluding carboxylic acids is 1. The molecule has 0 saturated heterocycles. The second kappa shape index (κ2) is 9.84. The monoisotopic (exact) mass is 422 g/mol. The Balaban J connectivity index is 1.74. The second-order valence-electron chi connectivity index (χ2n) is 7.13. The topological polar surface area (TPSA) is 71.2 Å². The highest BCUT2D eigenvalue weighted by Crippen LogP contribution is 2.27. The summed E-state index contributed by atoms with van der Waals surface area (Å²) in [6.07, 6.45) is 9.65. The molecule has 0 bridgehead atoms. The minimum absolute atomic E-state index is 0.205. The van der Waals surface area contributed by atoms with Gasteiger partial charge in [0.15, 0.2) is 0 Å². The lowest BCUT2D eigenvalue weighted by Gasteiger charge is -2.31. The van der Waals surface area contributed by atoms with Crippen LogP contribution >= 0.6 is 0 Å². The van der Waals surface area contributed by atoms with Gasteiger partial charge in [-0.1, -0.05) is 36.4 Å². The third-order valence-electron chi connectivity index (χ3n) is 5.04. The van der Waals surface area contributed by atoms with Gasteiger partial charge in [-0.15, -0.1) is 0 Å². The van der Waals surface area contributed by atoms with Gasteiger partial charge in [0.25, 0.3) is 5.91 Å². The van der Waals surface area contributed by atoms with Crippen LogP contribution in [0, 0.1) is 11.6 Å². The molecule has 3 rings (SSSR count). The van der Waals surface area contributed by atoms with Gasteiger partial charge in [-0.3, -0.25) is 4.79 Å². The number of aromatic nitrogens is 1. The van der Waals surface area contributed by atoms with Crippen molar-refractivity contribution in [3.63, 3.8) is 0 Å². The van der Waals surface area contributed by atoms with Crippen molar-refractivity contribution in [2.24, 2.45) is 5.73 Å². The smallest absolute Gasteiger partial charge is 0.262 e. The number of nitrogens with zero attached hydrogens (tertiary/aromatic N) is 2. The maximum absolute atomic E-state index is 13.8. The van der Waals surface area contributed by atoms with Gasteiger partial charge >= 0.3 is 0 Å². The first-order valence-electron chi connectivity index (χ1n) is 9.81. The number of hydrogen-bond acceptors (Lipinski definition) is 4. The summed E-state index contributed by atoms with van der Waals surface area (Å²) >= 11 is 0. The third kappa shape index (κ3) is 5.25. The van der Waals surface area contributed by atoms with E-state index in [4.69, 9.17) is 5.73 Å². The Morgan fingerprint density at radius 1 is 1.23 bits per heavy atom. The molecule has 1 aliphatic heterocycles. The van der Waals surface area contributed by atoms with Crippen LogP contribution in [0.1, 0.15) is 29.3 Å². The van der Waals surface area contributed by atoms with Crippen LogP contribution in [-0.2, 0) is 0 Å². The minimum Gasteiger partial charge on any atom is -0.385 e. The summed E-state index contributed by atoms with van der Waals surface area (Å²) in [5, 5.41) is 2.44. The zero-order valence-electron chi connectivity index (χ0n) is 17.2. The number of hydrogen-bond donors (Lipinski definition) is 2. The number of amides is 1. The normalized spacial score (nSPS) is 14.8. The summed E-state index contributed by atoms with van der Waals surface area (Å²) in [6.45, 7) is 7.15. The lowest BCUT2D eigenvalue weighted by molar-refractivity contribution is 0.101. The number of pyridine rings is 1. The molecule has 1 aliphatic rings. The highest BCUT2D eigenvalue weighted by atomic mass is 19.1. The zero-order chi connectivity index (χ0) is 22.4. The van der Waals surface area contributed by atoms with E-state index in [1.165, 1.54) is 11.6 Å². The summed E-state index contributed by atoms with van der Waals surface area (Å²) in [7, 11) is 0. The van der Waals surface area contributed by atoms with Crippen LogP contribution in [0.25, 0.3) is 5.57 Å². The summed E-state index contributed by atoms with van der Waals surface area (Å²) in [6, 6.07) is 6.70. The van der Waals surface area contributed by atoms with Crippen LogP contribution < -0.4 is 11.1 Å². The predicted molar refractivity (Wildman–Crippen MR) is 119 cm³/mol. The summed E-state index contributed by atoms with van der Waals surface area (Å²) < 4.78 is 27.6. The largest absolute Gasteiger partial charge is 0.385 e. The molecule has 1 aromatic heterocycles. The Hall–Kier alpha value is -3.74. The molecule has 0 radical (unpaired) electrons. The Morgan fingerprint density at radius 3 is 2.61 bits per heavy atom. The molecule has 160 valence electrons. The van der Waals surface area contributed by atoms with Crippen molar-refractivity contribution >= 4 is 17.3 Å². The van der Waals surface area contributed by atoms with E-state index in [-0.39, 0.29) is 5.82 Å². The molecular formula is C24H24F2N4O. The fraction of sp³-hybridized carbons (Fsp3) is 0.167. The lowest BCUT2D eigenvalue weighted by Crippen LogP contribution is -2.33. The van der Waals surface area contributed by atoms with E-state index in [9.17, 15) is 13.6 Å². The van der Waals surface area contributed by atoms with Crippen LogP contribution in [0.5, 0.6) is 0 Å². The van der Waals surface area contributed by atoms with Crippen LogP contribution in [0.4, 0.5) is 14.6 Å². The fourth-order valence-corrected chi connectivity index (χ4v) is 3.29. The predicted octanol–water partition coefficient (Wildman–Crippen LogP) is 4.63. The maximum Gasteiger partial charge on any atom is 0.262 e. The summed E-state index contributed by atoms with van der Waals surface area (Å²) in [4.78, 5) is 18.6. The van der Waals surface area contributed by atoms with Crippen molar-refractivity contribution in [2.45, 2.75) is 13.3 Å². The average molecular weight is 422 g/mol. The number of benzene rings is 1. The highest BCUT2D eigenvalue weighted by molar-refractivity contribution is 6.04. The van der Waals surface area contributed by atoms with Crippen molar-refractivity contribution in [3.05, 3.63) is 102 Å². The Labute approximate surface area is 180 Å². The van der Waals surface area contributed by atoms with Crippen molar-refractivity contribution in [2.75, 3.05) is 18.4 Å². The molecule has 3 N–H and O–H groups in total. The van der Waals surface area contributed by atoms with E-state index >= 15 is 0 Å². The third-order valence-corrected chi connectivity index (χ3v) is 5.04. The quantitative estimate of drug-likeness (QED) is 0.666. The maximum atomic E-state index is 13.8. The number of carbonyl (C=O) groups is 1. The molecule has 1 amide bonds.